The number of fused-ring (bicyclic) bond motifs is 1. The van der Waals surface area contributed by atoms with Gasteiger partial charge in [-0.25, -0.2) is 9.97 Å². The summed E-state index contributed by atoms with van der Waals surface area (Å²) in [5, 5.41) is 8.03. The molecule has 0 atom stereocenters. The molecule has 0 amide bonds. The molecule has 0 aromatic carbocycles. The fourth-order valence-corrected chi connectivity index (χ4v) is 3.81. The lowest BCUT2D eigenvalue weighted by Gasteiger charge is -1.99. The van der Waals surface area contributed by atoms with Gasteiger partial charge in [0.1, 0.15) is 26.2 Å². The van der Waals surface area contributed by atoms with E-state index in [1.165, 1.54) is 11.5 Å². The predicted octanol–water partition coefficient (Wildman–Crippen LogP) is 3.49. The number of hydrogen-bond acceptors (Lipinski definition) is 7. The van der Waals surface area contributed by atoms with E-state index in [-0.39, 0.29) is 0 Å². The first-order valence-corrected chi connectivity index (χ1v) is 7.64. The van der Waals surface area contributed by atoms with Crippen molar-refractivity contribution in [2.45, 2.75) is 10.8 Å². The van der Waals surface area contributed by atoms with Crippen molar-refractivity contribution >= 4 is 56.4 Å². The molecule has 0 spiro atoms. The van der Waals surface area contributed by atoms with Crippen molar-refractivity contribution in [3.05, 3.63) is 27.8 Å². The van der Waals surface area contributed by atoms with Gasteiger partial charge < -0.3 is 0 Å². The summed E-state index contributed by atoms with van der Waals surface area (Å²) in [6, 6.07) is 2.03. The third-order valence-corrected chi connectivity index (χ3v) is 4.90. The highest BCUT2D eigenvalue weighted by atomic mass is 35.5. The molecule has 17 heavy (non-hydrogen) atoms. The van der Waals surface area contributed by atoms with Crippen molar-refractivity contribution in [1.29, 1.82) is 0 Å². The summed E-state index contributed by atoms with van der Waals surface area (Å²) in [5.74, 6) is 0.678. The zero-order valence-electron chi connectivity index (χ0n) is 8.33. The molecule has 0 radical (unpaired) electrons. The van der Waals surface area contributed by atoms with Crippen molar-refractivity contribution in [3.8, 4) is 0 Å². The maximum Gasteiger partial charge on any atom is 0.138 e. The monoisotopic (exact) mass is 300 g/mol. The minimum Gasteiger partial charge on any atom is -0.229 e. The Balaban J connectivity index is 1.86. The fraction of sp³-hybridized carbons (Fsp3) is 0.111. The Morgan fingerprint density at radius 3 is 3.12 bits per heavy atom. The molecule has 0 N–H and O–H groups in total. The van der Waals surface area contributed by atoms with Gasteiger partial charge in [0, 0.05) is 22.7 Å². The van der Waals surface area contributed by atoms with E-state index in [1.807, 2.05) is 11.4 Å². The third-order valence-electron chi connectivity index (χ3n) is 2.08. The van der Waals surface area contributed by atoms with Crippen LogP contribution in [0.2, 0.25) is 4.34 Å². The van der Waals surface area contributed by atoms with Gasteiger partial charge in [-0.05, 0) is 11.4 Å². The van der Waals surface area contributed by atoms with Crippen molar-refractivity contribution in [2.24, 2.45) is 0 Å². The van der Waals surface area contributed by atoms with Gasteiger partial charge in [0.15, 0.2) is 0 Å². The van der Waals surface area contributed by atoms with Gasteiger partial charge in [0.05, 0.1) is 0 Å². The summed E-state index contributed by atoms with van der Waals surface area (Å²) >= 11 is 10.4. The molecule has 86 valence electrons. The number of aromatic nitrogens is 4. The second-order valence-corrected chi connectivity index (χ2v) is 6.32. The summed E-state index contributed by atoms with van der Waals surface area (Å²) in [7, 11) is 0. The van der Waals surface area contributed by atoms with Crippen molar-refractivity contribution in [3.63, 3.8) is 0 Å². The number of hydrogen-bond donors (Lipinski definition) is 0. The summed E-state index contributed by atoms with van der Waals surface area (Å²) < 4.78 is 4.45. The van der Waals surface area contributed by atoms with E-state index in [0.717, 1.165) is 20.9 Å². The molecule has 0 aliphatic heterocycles. The molecule has 0 unspecified atom stereocenters. The average Bonchev–Trinajstić information content (AvgIpc) is 2.95. The molecule has 3 heterocycles. The summed E-state index contributed by atoms with van der Waals surface area (Å²) in [6.07, 6.45) is 1.59. The normalized spacial score (nSPS) is 11.1. The average molecular weight is 301 g/mol. The zero-order chi connectivity index (χ0) is 11.7. The van der Waals surface area contributed by atoms with E-state index < -0.39 is 0 Å². The van der Waals surface area contributed by atoms with E-state index in [0.29, 0.717) is 10.1 Å². The second-order valence-electron chi connectivity index (χ2n) is 3.10. The number of nitrogens with zero attached hydrogens (tertiary/aromatic N) is 4. The van der Waals surface area contributed by atoms with Gasteiger partial charge in [-0.2, -0.15) is 0 Å². The first-order valence-electron chi connectivity index (χ1n) is 4.62. The van der Waals surface area contributed by atoms with Crippen molar-refractivity contribution in [2.75, 3.05) is 0 Å². The molecule has 0 aliphatic rings. The number of rotatable bonds is 3. The van der Waals surface area contributed by atoms with Crippen LogP contribution in [0.15, 0.2) is 22.8 Å². The highest BCUT2D eigenvalue weighted by molar-refractivity contribution is 7.98. The first-order chi connectivity index (χ1) is 8.34. The highest BCUT2D eigenvalue weighted by Crippen LogP contribution is 2.31. The van der Waals surface area contributed by atoms with Gasteiger partial charge in [-0.1, -0.05) is 27.9 Å². The van der Waals surface area contributed by atoms with E-state index in [4.69, 9.17) is 11.6 Å². The zero-order valence-corrected chi connectivity index (χ0v) is 11.5. The molecule has 3 aromatic heterocycles. The minimum atomic E-state index is 0.646. The highest BCUT2D eigenvalue weighted by Gasteiger charge is 2.09. The van der Waals surface area contributed by atoms with Gasteiger partial charge in [-0.3, -0.25) is 0 Å². The fourth-order valence-electron chi connectivity index (χ4n) is 1.30. The van der Waals surface area contributed by atoms with Crippen LogP contribution in [0.25, 0.3) is 10.2 Å². The third kappa shape index (κ3) is 2.28. The number of thioether (sulfide) groups is 1. The molecule has 3 rings (SSSR count). The van der Waals surface area contributed by atoms with Crippen LogP contribution in [0.4, 0.5) is 0 Å². The summed E-state index contributed by atoms with van der Waals surface area (Å²) in [6.45, 7) is 0. The smallest absolute Gasteiger partial charge is 0.138 e. The van der Waals surface area contributed by atoms with E-state index in [1.54, 1.807) is 29.4 Å². The Hall–Kier alpha value is -0.760. The van der Waals surface area contributed by atoms with Crippen LogP contribution in [0, 0.1) is 0 Å². The lowest BCUT2D eigenvalue weighted by atomic mass is 10.4. The Morgan fingerprint density at radius 1 is 1.35 bits per heavy atom. The summed E-state index contributed by atoms with van der Waals surface area (Å²) in [5.41, 5.74) is 0.809. The standard InChI is InChI=1S/C9H5ClN4S3/c10-7-6(13-14-17-7)3-16-9-5-1-2-15-8(5)11-4-12-9/h1-2,4H,3H2. The van der Waals surface area contributed by atoms with Gasteiger partial charge >= 0.3 is 0 Å². The van der Waals surface area contributed by atoms with E-state index in [9.17, 15) is 0 Å². The largest absolute Gasteiger partial charge is 0.229 e. The second kappa shape index (κ2) is 4.85. The Morgan fingerprint density at radius 2 is 2.29 bits per heavy atom. The number of thiophene rings is 1. The minimum absolute atomic E-state index is 0.646. The maximum atomic E-state index is 5.95. The van der Waals surface area contributed by atoms with Crippen LogP contribution in [0.3, 0.4) is 0 Å². The predicted molar refractivity (Wildman–Crippen MR) is 71.9 cm³/mol. The van der Waals surface area contributed by atoms with Crippen LogP contribution < -0.4 is 0 Å². The van der Waals surface area contributed by atoms with Gasteiger partial charge in [0.2, 0.25) is 0 Å². The van der Waals surface area contributed by atoms with Crippen LogP contribution in [0.1, 0.15) is 5.69 Å². The molecular formula is C9H5ClN4S3. The molecule has 0 saturated carbocycles. The molecule has 4 nitrogen and oxygen atoms in total. The van der Waals surface area contributed by atoms with Crippen molar-refractivity contribution in [1.82, 2.24) is 19.6 Å². The molecule has 0 bridgehead atoms. The van der Waals surface area contributed by atoms with Gasteiger partial charge in [-0.15, -0.1) is 16.4 Å². The Bertz CT molecular complexity index is 650. The Labute approximate surface area is 114 Å². The lowest BCUT2D eigenvalue weighted by Crippen LogP contribution is -1.86. The first kappa shape index (κ1) is 11.3. The van der Waals surface area contributed by atoms with Crippen LogP contribution in [-0.2, 0) is 5.75 Å². The van der Waals surface area contributed by atoms with Crippen molar-refractivity contribution < 1.29 is 0 Å². The quantitative estimate of drug-likeness (QED) is 0.547. The molecule has 8 heteroatoms. The molecule has 0 aliphatic carbocycles. The van der Waals surface area contributed by atoms with E-state index >= 15 is 0 Å². The van der Waals surface area contributed by atoms with Crippen LogP contribution in [-0.4, -0.2) is 19.6 Å². The van der Waals surface area contributed by atoms with Gasteiger partial charge in [0.25, 0.3) is 0 Å². The molecule has 0 fully saturated rings. The molecule has 3 aromatic rings. The lowest BCUT2D eigenvalue weighted by molar-refractivity contribution is 1.06. The summed E-state index contributed by atoms with van der Waals surface area (Å²) in [4.78, 5) is 9.49. The molecule has 0 saturated heterocycles. The SMILES string of the molecule is Clc1snnc1CSc1ncnc2sccc12. The Kier molecular flexibility index (Phi) is 3.24. The number of halogens is 1. The van der Waals surface area contributed by atoms with Crippen LogP contribution >= 0.6 is 46.2 Å². The maximum absolute atomic E-state index is 5.95. The van der Waals surface area contributed by atoms with Crippen LogP contribution in [0.5, 0.6) is 0 Å². The molecular weight excluding hydrogens is 296 g/mol. The van der Waals surface area contributed by atoms with E-state index in [2.05, 4.69) is 19.6 Å². The topological polar surface area (TPSA) is 51.6 Å².